The van der Waals surface area contributed by atoms with Crippen molar-refractivity contribution in [3.05, 3.63) is 60.2 Å². The lowest BCUT2D eigenvalue weighted by Crippen LogP contribution is -2.48. The molecule has 1 saturated heterocycles. The lowest BCUT2D eigenvalue weighted by molar-refractivity contribution is 0.0963. The minimum absolute atomic E-state index is 0.195. The summed E-state index contributed by atoms with van der Waals surface area (Å²) in [7, 11) is 0. The zero-order chi connectivity index (χ0) is 20.5. The summed E-state index contributed by atoms with van der Waals surface area (Å²) in [5, 5.41) is 3.26. The fourth-order valence-electron chi connectivity index (χ4n) is 3.20. The highest BCUT2D eigenvalue weighted by Gasteiger charge is 2.23. The number of nitrogens with two attached hydrogens (primary N) is 1. The lowest BCUT2D eigenvalue weighted by Gasteiger charge is -2.31. The molecule has 154 valence electrons. The summed E-state index contributed by atoms with van der Waals surface area (Å²) >= 11 is 0. The molecule has 1 amide bonds. The maximum atomic E-state index is 11.8. The summed E-state index contributed by atoms with van der Waals surface area (Å²) < 4.78 is 11.0. The Balaban J connectivity index is 1.52. The maximum Gasteiger partial charge on any atom is 0.409 e. The normalized spacial score (nSPS) is 15.1. The van der Waals surface area contributed by atoms with Crippen molar-refractivity contribution in [3.63, 3.8) is 0 Å². The summed E-state index contributed by atoms with van der Waals surface area (Å²) in [6, 6.07) is 17.6. The highest BCUT2D eigenvalue weighted by Crippen LogP contribution is 2.25. The van der Waals surface area contributed by atoms with Gasteiger partial charge in [-0.25, -0.2) is 9.79 Å². The third-order valence-electron chi connectivity index (χ3n) is 4.74. The first kappa shape index (κ1) is 20.5. The standard InChI is InChI=1S/C22H28N4O3/c1-2-28-22(27)26-14-12-18(13-15-26)25-21(23)24-16-17-8-6-7-11-20(17)29-19-9-4-3-5-10-19/h3-11,18H,2,12-16H2,1H3,(H3,23,24,25). The van der Waals surface area contributed by atoms with Crippen molar-refractivity contribution in [3.8, 4) is 11.5 Å². The van der Waals surface area contributed by atoms with Crippen molar-refractivity contribution < 1.29 is 14.3 Å². The SMILES string of the molecule is CCOC(=O)N1CCC(NC(N)=NCc2ccccc2Oc2ccccc2)CC1. The van der Waals surface area contributed by atoms with E-state index in [1.807, 2.05) is 61.5 Å². The summed E-state index contributed by atoms with van der Waals surface area (Å²) in [6.45, 7) is 3.93. The van der Waals surface area contributed by atoms with Crippen LogP contribution in [0.1, 0.15) is 25.3 Å². The average molecular weight is 396 g/mol. The van der Waals surface area contributed by atoms with Gasteiger partial charge < -0.3 is 25.4 Å². The van der Waals surface area contributed by atoms with Crippen molar-refractivity contribution >= 4 is 12.1 Å². The number of benzene rings is 2. The van der Waals surface area contributed by atoms with Gasteiger partial charge in [0.1, 0.15) is 11.5 Å². The molecule has 0 atom stereocenters. The molecular formula is C22H28N4O3. The van der Waals surface area contributed by atoms with Crippen LogP contribution in [0.4, 0.5) is 4.79 Å². The Bertz CT molecular complexity index is 818. The molecule has 2 aromatic rings. The van der Waals surface area contributed by atoms with Crippen LogP contribution < -0.4 is 15.8 Å². The molecule has 0 spiro atoms. The van der Waals surface area contributed by atoms with Crippen LogP contribution in [-0.2, 0) is 11.3 Å². The number of aliphatic imine (C=N–C) groups is 1. The fraction of sp³-hybridized carbons (Fsp3) is 0.364. The molecule has 3 N–H and O–H groups in total. The first-order valence-corrected chi connectivity index (χ1v) is 9.94. The van der Waals surface area contributed by atoms with Crippen molar-refractivity contribution in [1.29, 1.82) is 0 Å². The second-order valence-electron chi connectivity index (χ2n) is 6.83. The predicted octanol–water partition coefficient (Wildman–Crippen LogP) is 3.50. The van der Waals surface area contributed by atoms with Gasteiger partial charge in [0.2, 0.25) is 0 Å². The second-order valence-corrected chi connectivity index (χ2v) is 6.83. The van der Waals surface area contributed by atoms with Gasteiger partial charge in [-0.3, -0.25) is 0 Å². The zero-order valence-corrected chi connectivity index (χ0v) is 16.7. The van der Waals surface area contributed by atoms with E-state index >= 15 is 0 Å². The van der Waals surface area contributed by atoms with Crippen LogP contribution in [0.5, 0.6) is 11.5 Å². The molecule has 29 heavy (non-hydrogen) atoms. The van der Waals surface area contributed by atoms with Gasteiger partial charge in [0, 0.05) is 24.7 Å². The van der Waals surface area contributed by atoms with Gasteiger partial charge in [-0.1, -0.05) is 36.4 Å². The fourth-order valence-corrected chi connectivity index (χ4v) is 3.20. The van der Waals surface area contributed by atoms with Crippen LogP contribution in [-0.4, -0.2) is 42.7 Å². The molecular weight excluding hydrogens is 368 g/mol. The van der Waals surface area contributed by atoms with E-state index in [1.54, 1.807) is 4.90 Å². The molecule has 3 rings (SSSR count). The number of likely N-dealkylation sites (tertiary alicyclic amines) is 1. The number of hydrogen-bond donors (Lipinski definition) is 2. The van der Waals surface area contributed by atoms with E-state index in [1.165, 1.54) is 0 Å². The molecule has 7 nitrogen and oxygen atoms in total. The molecule has 0 radical (unpaired) electrons. The minimum atomic E-state index is -0.248. The molecule has 0 aliphatic carbocycles. The van der Waals surface area contributed by atoms with Crippen molar-refractivity contribution in [2.24, 2.45) is 10.7 Å². The molecule has 0 saturated carbocycles. The monoisotopic (exact) mass is 396 g/mol. The number of ether oxygens (including phenoxy) is 2. The highest BCUT2D eigenvalue weighted by molar-refractivity contribution is 5.78. The number of hydrogen-bond acceptors (Lipinski definition) is 4. The van der Waals surface area contributed by atoms with E-state index in [2.05, 4.69) is 10.3 Å². The molecule has 1 fully saturated rings. The smallest absolute Gasteiger partial charge is 0.409 e. The van der Waals surface area contributed by atoms with Crippen LogP contribution in [0, 0.1) is 0 Å². The average Bonchev–Trinajstić information content (AvgIpc) is 2.74. The quantitative estimate of drug-likeness (QED) is 0.576. The zero-order valence-electron chi connectivity index (χ0n) is 16.7. The number of amides is 1. The van der Waals surface area contributed by atoms with Gasteiger partial charge in [-0.15, -0.1) is 0 Å². The first-order chi connectivity index (χ1) is 14.2. The number of piperidine rings is 1. The molecule has 0 bridgehead atoms. The van der Waals surface area contributed by atoms with Gasteiger partial charge >= 0.3 is 6.09 Å². The number of nitrogens with one attached hydrogen (secondary N) is 1. The Morgan fingerprint density at radius 1 is 1.14 bits per heavy atom. The molecule has 0 aromatic heterocycles. The first-order valence-electron chi connectivity index (χ1n) is 9.94. The summed E-state index contributed by atoms with van der Waals surface area (Å²) in [5.74, 6) is 1.94. The Labute approximate surface area is 171 Å². The van der Waals surface area contributed by atoms with Crippen molar-refractivity contribution in [2.45, 2.75) is 32.4 Å². The molecule has 1 aliphatic heterocycles. The van der Waals surface area contributed by atoms with Gasteiger partial charge in [0.05, 0.1) is 13.2 Å². The molecule has 1 aliphatic rings. The molecule has 2 aromatic carbocycles. The number of guanidine groups is 1. The maximum absolute atomic E-state index is 11.8. The number of carbonyl (C=O) groups excluding carboxylic acids is 1. The number of carbonyl (C=O) groups is 1. The summed E-state index contributed by atoms with van der Waals surface area (Å²) in [5.41, 5.74) is 7.05. The number of nitrogens with zero attached hydrogens (tertiary/aromatic N) is 2. The van der Waals surface area contributed by atoms with E-state index in [4.69, 9.17) is 15.2 Å². The van der Waals surface area contributed by atoms with Crippen LogP contribution in [0.3, 0.4) is 0 Å². The van der Waals surface area contributed by atoms with Crippen LogP contribution >= 0.6 is 0 Å². The highest BCUT2D eigenvalue weighted by atomic mass is 16.6. The molecule has 1 heterocycles. The Kier molecular flexibility index (Phi) is 7.33. The third kappa shape index (κ3) is 6.14. The van der Waals surface area contributed by atoms with Crippen LogP contribution in [0.25, 0.3) is 0 Å². The largest absolute Gasteiger partial charge is 0.457 e. The van der Waals surface area contributed by atoms with E-state index in [-0.39, 0.29) is 12.1 Å². The summed E-state index contributed by atoms with van der Waals surface area (Å²) in [6.07, 6.45) is 1.37. The van der Waals surface area contributed by atoms with Gasteiger partial charge in [-0.2, -0.15) is 0 Å². The van der Waals surface area contributed by atoms with E-state index in [0.717, 1.165) is 29.9 Å². The van der Waals surface area contributed by atoms with E-state index < -0.39 is 0 Å². The Hall–Kier alpha value is -3.22. The third-order valence-corrected chi connectivity index (χ3v) is 4.74. The number of rotatable bonds is 6. The van der Waals surface area contributed by atoms with Crippen molar-refractivity contribution in [2.75, 3.05) is 19.7 Å². The van der Waals surface area contributed by atoms with Gasteiger partial charge in [-0.05, 0) is 38.0 Å². The predicted molar refractivity (Wildman–Crippen MR) is 113 cm³/mol. The van der Waals surface area contributed by atoms with E-state index in [0.29, 0.717) is 32.2 Å². The van der Waals surface area contributed by atoms with Gasteiger partial charge in [0.15, 0.2) is 5.96 Å². The number of para-hydroxylation sites is 2. The molecule has 0 unspecified atom stereocenters. The molecule has 7 heteroatoms. The van der Waals surface area contributed by atoms with E-state index in [9.17, 15) is 4.79 Å². The van der Waals surface area contributed by atoms with Crippen LogP contribution in [0.15, 0.2) is 59.6 Å². The summed E-state index contributed by atoms with van der Waals surface area (Å²) in [4.78, 5) is 18.0. The van der Waals surface area contributed by atoms with Crippen molar-refractivity contribution in [1.82, 2.24) is 10.2 Å². The second kappa shape index (κ2) is 10.4. The van der Waals surface area contributed by atoms with Gasteiger partial charge in [0.25, 0.3) is 0 Å². The van der Waals surface area contributed by atoms with Crippen LogP contribution in [0.2, 0.25) is 0 Å². The Morgan fingerprint density at radius 3 is 2.55 bits per heavy atom. The Morgan fingerprint density at radius 2 is 1.83 bits per heavy atom. The lowest BCUT2D eigenvalue weighted by atomic mass is 10.1. The minimum Gasteiger partial charge on any atom is -0.457 e. The topological polar surface area (TPSA) is 89.2 Å².